The molecule has 124 valence electrons. The highest BCUT2D eigenvalue weighted by molar-refractivity contribution is 7.89. The number of sulfonamides is 1. The summed E-state index contributed by atoms with van der Waals surface area (Å²) >= 11 is 0. The predicted molar refractivity (Wildman–Crippen MR) is 78.2 cm³/mol. The fourth-order valence-electron chi connectivity index (χ4n) is 1.79. The Bertz CT molecular complexity index is 452. The molecule has 0 saturated carbocycles. The van der Waals surface area contributed by atoms with E-state index in [1.807, 2.05) is 20.8 Å². The van der Waals surface area contributed by atoms with Gasteiger partial charge in [-0.2, -0.15) is 0 Å². The summed E-state index contributed by atoms with van der Waals surface area (Å²) in [5, 5.41) is 9.12. The Balaban J connectivity index is 4.37. The lowest BCUT2D eigenvalue weighted by Crippen LogP contribution is -2.36. The summed E-state index contributed by atoms with van der Waals surface area (Å²) in [6.07, 6.45) is 0.522. The van der Waals surface area contributed by atoms with E-state index >= 15 is 0 Å². The fourth-order valence-corrected chi connectivity index (χ4v) is 2.92. The molecule has 1 atom stereocenters. The Labute approximate surface area is 126 Å². The van der Waals surface area contributed by atoms with Gasteiger partial charge < -0.3 is 9.84 Å². The quantitative estimate of drug-likeness (QED) is 0.612. The Morgan fingerprint density at radius 3 is 2.29 bits per heavy atom. The molecule has 0 saturated heterocycles. The normalized spacial score (nSPS) is 13.7. The van der Waals surface area contributed by atoms with Gasteiger partial charge in [-0.05, 0) is 18.3 Å². The molecule has 0 spiro atoms. The number of methoxy groups -OCH3 is 1. The smallest absolute Gasteiger partial charge is 0.307 e. The summed E-state index contributed by atoms with van der Waals surface area (Å²) in [4.78, 5) is 22.0. The van der Waals surface area contributed by atoms with Crippen LogP contribution in [0.3, 0.4) is 0 Å². The van der Waals surface area contributed by atoms with E-state index in [1.165, 1.54) is 7.11 Å². The van der Waals surface area contributed by atoms with Gasteiger partial charge in [0, 0.05) is 13.0 Å². The summed E-state index contributed by atoms with van der Waals surface area (Å²) in [5.74, 6) is -2.51. The molecule has 0 amide bonds. The van der Waals surface area contributed by atoms with Gasteiger partial charge in [0.05, 0.1) is 18.8 Å². The third kappa shape index (κ3) is 10.3. The minimum Gasteiger partial charge on any atom is -0.481 e. The largest absolute Gasteiger partial charge is 0.481 e. The van der Waals surface area contributed by atoms with Crippen LogP contribution in [-0.2, 0) is 24.3 Å². The average Bonchev–Trinajstić information content (AvgIpc) is 2.32. The Morgan fingerprint density at radius 2 is 1.86 bits per heavy atom. The molecule has 0 radical (unpaired) electrons. The highest BCUT2D eigenvalue weighted by atomic mass is 32.2. The van der Waals surface area contributed by atoms with Gasteiger partial charge in [0.2, 0.25) is 10.0 Å². The van der Waals surface area contributed by atoms with Gasteiger partial charge in [0.1, 0.15) is 0 Å². The Morgan fingerprint density at radius 1 is 1.29 bits per heavy atom. The van der Waals surface area contributed by atoms with Crippen molar-refractivity contribution in [1.29, 1.82) is 0 Å². The van der Waals surface area contributed by atoms with Gasteiger partial charge in [0.15, 0.2) is 0 Å². The third-order valence-electron chi connectivity index (χ3n) is 2.78. The molecule has 0 rings (SSSR count). The van der Waals surface area contributed by atoms with Gasteiger partial charge in [-0.15, -0.1) is 0 Å². The van der Waals surface area contributed by atoms with Crippen LogP contribution in [0.25, 0.3) is 0 Å². The van der Waals surface area contributed by atoms with E-state index in [9.17, 15) is 18.0 Å². The topological polar surface area (TPSA) is 110 Å². The number of hydrogen-bond acceptors (Lipinski definition) is 5. The zero-order valence-electron chi connectivity index (χ0n) is 13.0. The Hall–Kier alpha value is -1.15. The molecular weight excluding hydrogens is 298 g/mol. The lowest BCUT2D eigenvalue weighted by molar-refractivity contribution is -0.142. The van der Waals surface area contributed by atoms with Gasteiger partial charge >= 0.3 is 11.9 Å². The number of ether oxygens (including phenoxy) is 1. The molecule has 0 aliphatic carbocycles. The van der Waals surface area contributed by atoms with Crippen LogP contribution in [0, 0.1) is 11.3 Å². The number of nitrogens with one attached hydrogen (secondary N) is 1. The molecular formula is C13H25NO6S. The number of carboxylic acid groups (broad SMARTS) is 1. The lowest BCUT2D eigenvalue weighted by Gasteiger charge is -2.23. The molecule has 0 bridgehead atoms. The molecule has 0 aliphatic heterocycles. The second-order valence-electron chi connectivity index (χ2n) is 6.15. The first-order chi connectivity index (χ1) is 9.47. The number of rotatable bonds is 9. The maximum atomic E-state index is 11.7. The van der Waals surface area contributed by atoms with Crippen LogP contribution >= 0.6 is 0 Å². The standard InChI is InChI=1S/C13H25NO6S/c1-13(2,3)8-10(12(16)17)9-14-21(18,19)7-5-6-11(15)20-4/h10,14H,5-9H2,1-4H3,(H,16,17). The van der Waals surface area contributed by atoms with Crippen LogP contribution in [0.5, 0.6) is 0 Å². The van der Waals surface area contributed by atoms with Crippen LogP contribution < -0.4 is 4.72 Å². The van der Waals surface area contributed by atoms with Gasteiger partial charge in [-0.3, -0.25) is 9.59 Å². The maximum absolute atomic E-state index is 11.7. The van der Waals surface area contributed by atoms with E-state index in [-0.39, 0.29) is 30.6 Å². The maximum Gasteiger partial charge on any atom is 0.307 e. The van der Waals surface area contributed by atoms with Crippen molar-refractivity contribution in [2.75, 3.05) is 19.4 Å². The summed E-state index contributed by atoms with van der Waals surface area (Å²) < 4.78 is 30.2. The SMILES string of the molecule is COC(=O)CCCS(=O)(=O)NCC(CC(C)(C)C)C(=O)O. The molecule has 0 aromatic rings. The highest BCUT2D eigenvalue weighted by Crippen LogP contribution is 2.24. The monoisotopic (exact) mass is 323 g/mol. The van der Waals surface area contributed by atoms with E-state index in [4.69, 9.17) is 5.11 Å². The summed E-state index contributed by atoms with van der Waals surface area (Å²) in [7, 11) is -2.36. The molecule has 21 heavy (non-hydrogen) atoms. The van der Waals surface area contributed by atoms with Crippen molar-refractivity contribution in [1.82, 2.24) is 4.72 Å². The lowest BCUT2D eigenvalue weighted by atomic mass is 9.85. The van der Waals surface area contributed by atoms with Gasteiger partial charge in [0.25, 0.3) is 0 Å². The second kappa shape index (κ2) is 8.33. The number of hydrogen-bond donors (Lipinski definition) is 2. The molecule has 0 heterocycles. The first-order valence-electron chi connectivity index (χ1n) is 6.74. The zero-order valence-corrected chi connectivity index (χ0v) is 13.8. The van der Waals surface area contributed by atoms with Crippen LogP contribution in [0.4, 0.5) is 0 Å². The third-order valence-corrected chi connectivity index (χ3v) is 4.21. The Kier molecular flexibility index (Phi) is 7.87. The molecule has 0 fully saturated rings. The van der Waals surface area contributed by atoms with Crippen molar-refractivity contribution in [3.63, 3.8) is 0 Å². The van der Waals surface area contributed by atoms with Crippen LogP contribution in [0.1, 0.15) is 40.0 Å². The number of carbonyl (C=O) groups is 2. The summed E-state index contributed by atoms with van der Waals surface area (Å²) in [6, 6.07) is 0. The number of esters is 1. The highest BCUT2D eigenvalue weighted by Gasteiger charge is 2.26. The zero-order chi connectivity index (χ0) is 16.7. The first-order valence-corrected chi connectivity index (χ1v) is 8.39. The average molecular weight is 323 g/mol. The molecule has 0 aromatic heterocycles. The van der Waals surface area contributed by atoms with Crippen LogP contribution in [0.2, 0.25) is 0 Å². The molecule has 0 aliphatic rings. The van der Waals surface area contributed by atoms with Crippen molar-refractivity contribution in [3.05, 3.63) is 0 Å². The first kappa shape index (κ1) is 19.9. The van der Waals surface area contributed by atoms with E-state index in [0.717, 1.165) is 0 Å². The predicted octanol–water partition coefficient (Wildman–Crippen LogP) is 0.996. The van der Waals surface area contributed by atoms with Crippen molar-refractivity contribution >= 4 is 22.0 Å². The molecule has 7 nitrogen and oxygen atoms in total. The van der Waals surface area contributed by atoms with Crippen molar-refractivity contribution in [3.8, 4) is 0 Å². The number of carboxylic acids is 1. The molecule has 0 aromatic carbocycles. The van der Waals surface area contributed by atoms with E-state index in [1.54, 1.807) is 0 Å². The van der Waals surface area contributed by atoms with Crippen LogP contribution in [-0.4, -0.2) is 44.9 Å². The van der Waals surface area contributed by atoms with Gasteiger partial charge in [-0.25, -0.2) is 13.1 Å². The van der Waals surface area contributed by atoms with Crippen molar-refractivity contribution in [2.24, 2.45) is 11.3 Å². The minimum atomic E-state index is -3.59. The van der Waals surface area contributed by atoms with Crippen molar-refractivity contribution < 1.29 is 27.9 Å². The minimum absolute atomic E-state index is 0.0156. The van der Waals surface area contributed by atoms with E-state index < -0.39 is 27.9 Å². The number of aliphatic carboxylic acids is 1. The fraction of sp³-hybridized carbons (Fsp3) is 0.846. The molecule has 2 N–H and O–H groups in total. The molecule has 8 heteroatoms. The van der Waals surface area contributed by atoms with E-state index in [0.29, 0.717) is 6.42 Å². The van der Waals surface area contributed by atoms with Crippen molar-refractivity contribution in [2.45, 2.75) is 40.0 Å². The molecule has 1 unspecified atom stereocenters. The van der Waals surface area contributed by atoms with Crippen LogP contribution in [0.15, 0.2) is 0 Å². The summed E-state index contributed by atoms with van der Waals surface area (Å²) in [5.41, 5.74) is -0.209. The van der Waals surface area contributed by atoms with E-state index in [2.05, 4.69) is 9.46 Å². The van der Waals surface area contributed by atoms with Gasteiger partial charge in [-0.1, -0.05) is 20.8 Å². The summed E-state index contributed by atoms with van der Waals surface area (Å²) in [6.45, 7) is 5.54. The second-order valence-corrected chi connectivity index (χ2v) is 8.07. The number of carbonyl (C=O) groups excluding carboxylic acids is 1.